The molecule has 7 rings (SSSR count). The zero-order valence-electron chi connectivity index (χ0n) is 22.1. The van der Waals surface area contributed by atoms with E-state index in [1.165, 1.54) is 4.57 Å². The number of aliphatic hydroxyl groups excluding tert-OH is 2. The molecule has 9 N–H and O–H groups in total. The number of nitrogens with two attached hydrogens (primary N) is 2. The van der Waals surface area contributed by atoms with Crippen LogP contribution in [0, 0.1) is 0 Å². The summed E-state index contributed by atoms with van der Waals surface area (Å²) >= 11 is 9.20. The molecule has 26 heteroatoms. The number of H-pyrrole nitrogens is 2. The normalized spacial score (nSPS) is 37.4. The second-order valence-electron chi connectivity index (χ2n) is 9.97. The summed E-state index contributed by atoms with van der Waals surface area (Å²) < 4.78 is 49.5. The first kappa shape index (κ1) is 30.8. The predicted molar refractivity (Wildman–Crippen MR) is 155 cm³/mol. The van der Waals surface area contributed by atoms with E-state index in [2.05, 4.69) is 42.2 Å². The van der Waals surface area contributed by atoms with Gasteiger partial charge in [-0.1, -0.05) is 12.2 Å². The summed E-state index contributed by atoms with van der Waals surface area (Å²) in [5.74, 6) is -0.484. The predicted octanol–water partition coefficient (Wildman–Crippen LogP) is -2.04. The lowest BCUT2D eigenvalue weighted by Gasteiger charge is -2.27. The van der Waals surface area contributed by atoms with E-state index in [4.69, 9.17) is 50.8 Å². The van der Waals surface area contributed by atoms with Gasteiger partial charge < -0.3 is 36.0 Å². The number of anilines is 2. The maximum Gasteiger partial charge on any atom is 0.386 e. The summed E-state index contributed by atoms with van der Waals surface area (Å²) in [4.78, 5) is 56.2. The van der Waals surface area contributed by atoms with E-state index < -0.39 is 80.5 Å². The number of imidazole rings is 2. The monoisotopic (exact) mass is 708 g/mol. The fourth-order valence-corrected chi connectivity index (χ4v) is 8.24. The number of hydrogen-bond donors (Lipinski definition) is 8. The van der Waals surface area contributed by atoms with Crippen LogP contribution in [0.3, 0.4) is 0 Å². The van der Waals surface area contributed by atoms with Crippen molar-refractivity contribution in [1.29, 1.82) is 0 Å². The molecule has 45 heavy (non-hydrogen) atoms. The molecule has 242 valence electrons. The van der Waals surface area contributed by atoms with Gasteiger partial charge in [-0.3, -0.25) is 46.8 Å². The van der Waals surface area contributed by atoms with Crippen LogP contribution in [0.1, 0.15) is 12.5 Å². The molecule has 3 aliphatic heterocycles. The summed E-state index contributed by atoms with van der Waals surface area (Å²) in [6.07, 6.45) is -10.1. The maximum absolute atomic E-state index is 13.3. The van der Waals surface area contributed by atoms with Crippen LogP contribution in [0.25, 0.3) is 22.3 Å². The Balaban J connectivity index is 1.21. The number of ether oxygens (including phenoxy) is 2. The van der Waals surface area contributed by atoms with Crippen molar-refractivity contribution in [2.24, 2.45) is 0 Å². The Morgan fingerprint density at radius 2 is 1.44 bits per heavy atom. The van der Waals surface area contributed by atoms with Gasteiger partial charge in [0.2, 0.25) is 11.9 Å². The van der Waals surface area contributed by atoms with Gasteiger partial charge in [-0.2, -0.15) is 9.97 Å². The van der Waals surface area contributed by atoms with Gasteiger partial charge in [-0.05, 0) is 11.8 Å². The highest BCUT2D eigenvalue weighted by Gasteiger charge is 2.55. The van der Waals surface area contributed by atoms with E-state index in [-0.39, 0.29) is 34.2 Å². The first-order chi connectivity index (χ1) is 21.2. The molecule has 3 aliphatic rings. The van der Waals surface area contributed by atoms with Crippen LogP contribution in [0.15, 0.2) is 22.2 Å². The van der Waals surface area contributed by atoms with E-state index in [1.807, 2.05) is 0 Å². The number of rotatable bonds is 2. The van der Waals surface area contributed by atoms with Gasteiger partial charge in [0.1, 0.15) is 30.5 Å². The molecule has 22 nitrogen and oxygen atoms in total. The van der Waals surface area contributed by atoms with Crippen LogP contribution in [0.5, 0.6) is 0 Å². The summed E-state index contributed by atoms with van der Waals surface area (Å²) in [6.45, 7) is -9.43. The summed E-state index contributed by atoms with van der Waals surface area (Å²) in [7, 11) is 0. The van der Waals surface area contributed by atoms with Crippen LogP contribution in [-0.2, 0) is 43.9 Å². The van der Waals surface area contributed by atoms with Gasteiger partial charge in [0.15, 0.2) is 41.1 Å². The van der Waals surface area contributed by atoms with Crippen molar-refractivity contribution in [3.63, 3.8) is 0 Å². The average molecular weight is 709 g/mol. The highest BCUT2D eigenvalue weighted by atomic mass is 32.7. The number of hydrogen-bond acceptors (Lipinski definition) is 18. The minimum Gasteiger partial charge on any atom is -0.386 e. The lowest BCUT2D eigenvalue weighted by Crippen LogP contribution is -2.36. The summed E-state index contributed by atoms with van der Waals surface area (Å²) in [5, 5.41) is 22.5. The number of nitrogens with one attached hydrogen (secondary N) is 2. The third kappa shape index (κ3) is 5.40. The Kier molecular flexibility index (Phi) is 7.44. The van der Waals surface area contributed by atoms with Crippen LogP contribution >= 0.6 is 25.8 Å². The van der Waals surface area contributed by atoms with Gasteiger partial charge in [0.05, 0.1) is 19.3 Å². The highest BCUT2D eigenvalue weighted by molar-refractivity contribution is 8.44. The maximum atomic E-state index is 13.3. The highest BCUT2D eigenvalue weighted by Crippen LogP contribution is 2.60. The summed E-state index contributed by atoms with van der Waals surface area (Å²) in [5.41, 5.74) is 9.63. The van der Waals surface area contributed by atoms with Crippen molar-refractivity contribution >= 4 is 71.8 Å². The molecule has 4 aromatic heterocycles. The van der Waals surface area contributed by atoms with E-state index in [9.17, 15) is 29.3 Å². The Hall–Kier alpha value is -2.83. The molecule has 0 amide bonds. The van der Waals surface area contributed by atoms with E-state index in [0.717, 1.165) is 17.2 Å². The molecule has 6 unspecified atom stereocenters. The molecule has 0 aromatic carbocycles. The molecule has 0 spiro atoms. The van der Waals surface area contributed by atoms with Crippen LogP contribution in [-0.4, -0.2) is 97.6 Å². The third-order valence-electron chi connectivity index (χ3n) is 7.08. The lowest BCUT2D eigenvalue weighted by molar-refractivity contribution is -0.129. The molecule has 0 aliphatic carbocycles. The molecular formula is C19H22N10O12P2S2. The van der Waals surface area contributed by atoms with Crippen LogP contribution in [0.2, 0.25) is 0 Å². The Bertz CT molecular complexity index is 2040. The Morgan fingerprint density at radius 3 is 2.02 bits per heavy atom. The minimum atomic E-state index is -4.43. The molecule has 0 radical (unpaired) electrons. The van der Waals surface area contributed by atoms with Gasteiger partial charge in [0, 0.05) is 0 Å². The fraction of sp³-hybridized carbons (Fsp3) is 0.474. The number of aliphatic hydroxyl groups is 2. The quantitative estimate of drug-likeness (QED) is 0.0821. The number of aromatic nitrogens is 8. The van der Waals surface area contributed by atoms with Crippen molar-refractivity contribution in [3.8, 4) is 0 Å². The average Bonchev–Trinajstić information content (AvgIpc) is 3.69. The molecule has 0 bridgehead atoms. The minimum absolute atomic E-state index is 0.0443. The van der Waals surface area contributed by atoms with Crippen molar-refractivity contribution in [3.05, 3.63) is 33.4 Å². The summed E-state index contributed by atoms with van der Waals surface area (Å²) in [6, 6.07) is 0. The second kappa shape index (κ2) is 10.9. The molecule has 10 atom stereocenters. The number of nitrogens with zero attached hydrogens (tertiary/aromatic N) is 6. The largest absolute Gasteiger partial charge is 0.386 e. The van der Waals surface area contributed by atoms with Gasteiger partial charge in [-0.25, -0.2) is 14.5 Å². The molecule has 4 aromatic rings. The number of nitrogen functional groups attached to an aromatic ring is 2. The number of aromatic amines is 2. The van der Waals surface area contributed by atoms with Crippen LogP contribution < -0.4 is 22.6 Å². The van der Waals surface area contributed by atoms with Gasteiger partial charge in [-0.15, -0.1) is 0 Å². The first-order valence-corrected chi connectivity index (χ1v) is 18.0. The SMILES string of the molecule is Nc1nc2c(ncn2[C@@H]2O[C@@H]3OP(O)(=S)OC4C(O)[C@H](n5cnc6c(=O)[nH]c(N)nc65)O[C@@H]4COP(=O)(S)OC3C2O)c(=O)[nH]1. The van der Waals surface area contributed by atoms with Gasteiger partial charge >= 0.3 is 13.5 Å². The number of fused-ring (bicyclic) bond motifs is 4. The molecule has 3 saturated heterocycles. The van der Waals surface area contributed by atoms with Crippen molar-refractivity contribution in [1.82, 2.24) is 39.0 Å². The molecule has 7 heterocycles. The zero-order chi connectivity index (χ0) is 32.0. The topological polar surface area (TPSA) is 312 Å². The van der Waals surface area contributed by atoms with E-state index in [0.29, 0.717) is 0 Å². The van der Waals surface area contributed by atoms with Crippen LogP contribution in [0.4, 0.5) is 11.9 Å². The van der Waals surface area contributed by atoms with E-state index >= 15 is 0 Å². The Morgan fingerprint density at radius 1 is 0.911 bits per heavy atom. The smallest absolute Gasteiger partial charge is 0.386 e. The standard InChI is InChI=1S/C19H22N10O12P2S2/c20-18-24-11-5(13(32)26-18)22-2-28(11)15-7(30)9-4(37-15)1-36-42(34,44)40-10-8(31)16(38-17(10)41-43(35,45)39-9)29-3-23-6-12(29)25-19(21)27-14(6)33/h2-4,7-10,15-17,30-31H,1H2,(H,34,44)(H,35,45)(H3,20,24,26,32)(H3,21,25,27,33)/t4-,7?,8?,9?,10?,15-,16-,17-,42?,43?/m1/s1. The molecular weight excluding hydrogens is 686 g/mol. The number of thiol groups is 1. The first-order valence-electron chi connectivity index (χ1n) is 12.7. The van der Waals surface area contributed by atoms with Crippen molar-refractivity contribution in [2.45, 2.75) is 49.3 Å². The van der Waals surface area contributed by atoms with Crippen molar-refractivity contribution < 1.29 is 47.2 Å². The fourth-order valence-electron chi connectivity index (χ4n) is 5.18. The zero-order valence-corrected chi connectivity index (χ0v) is 25.6. The van der Waals surface area contributed by atoms with Crippen molar-refractivity contribution in [2.75, 3.05) is 18.1 Å². The molecule has 0 saturated carbocycles. The second-order valence-corrected chi connectivity index (χ2v) is 15.6. The van der Waals surface area contributed by atoms with E-state index in [1.54, 1.807) is 0 Å². The van der Waals surface area contributed by atoms with Gasteiger partial charge in [0.25, 0.3) is 11.1 Å². The lowest BCUT2D eigenvalue weighted by atomic mass is 10.1. The Labute approximate surface area is 258 Å². The molecule has 3 fully saturated rings. The third-order valence-corrected chi connectivity index (χ3v) is 10.2.